The van der Waals surface area contributed by atoms with Crippen molar-refractivity contribution in [3.63, 3.8) is 0 Å². The first-order valence-corrected chi connectivity index (χ1v) is 11.3. The molecule has 4 aromatic rings. The molecule has 0 aliphatic heterocycles. The van der Waals surface area contributed by atoms with Crippen LogP contribution in [0.2, 0.25) is 15.1 Å². The number of nitrogens with one attached hydrogen (secondary N) is 1. The minimum Gasteiger partial charge on any atom is -0.489 e. The van der Waals surface area contributed by atoms with Gasteiger partial charge in [-0.2, -0.15) is 5.10 Å². The van der Waals surface area contributed by atoms with Crippen molar-refractivity contribution in [1.82, 2.24) is 9.78 Å². The Labute approximate surface area is 206 Å². The molecule has 0 fully saturated rings. The van der Waals surface area contributed by atoms with Gasteiger partial charge in [-0.1, -0.05) is 53.0 Å². The zero-order valence-electron chi connectivity index (χ0n) is 17.7. The number of halogens is 3. The number of rotatable bonds is 7. The monoisotopic (exact) mass is 499 g/mol. The second kappa shape index (κ2) is 10.3. The second-order valence-electron chi connectivity index (χ2n) is 7.43. The van der Waals surface area contributed by atoms with E-state index in [0.717, 1.165) is 16.8 Å². The van der Waals surface area contributed by atoms with Gasteiger partial charge in [0, 0.05) is 38.0 Å². The summed E-state index contributed by atoms with van der Waals surface area (Å²) in [7, 11) is 0. The predicted molar refractivity (Wildman–Crippen MR) is 133 cm³/mol. The lowest BCUT2D eigenvalue weighted by atomic mass is 10.1. The minimum absolute atomic E-state index is 0.260. The van der Waals surface area contributed by atoms with Crippen LogP contribution < -0.4 is 10.1 Å². The first kappa shape index (κ1) is 23.2. The standard InChI is InChI=1S/C25H20Cl3N3O2/c1-16-12-24(30-31(16)14-21-22(27)6-3-7-23(21)28)29-25(32)18-5-2-4-17(13-18)15-33-20-10-8-19(26)9-11-20/h2-13H,14-15H2,1H3,(H,29,30,32). The highest BCUT2D eigenvalue weighted by molar-refractivity contribution is 6.36. The maximum Gasteiger partial charge on any atom is 0.256 e. The van der Waals surface area contributed by atoms with Crippen molar-refractivity contribution in [3.8, 4) is 5.75 Å². The molecule has 1 N–H and O–H groups in total. The Morgan fingerprint density at radius 3 is 2.39 bits per heavy atom. The Balaban J connectivity index is 1.42. The fourth-order valence-electron chi connectivity index (χ4n) is 3.25. The highest BCUT2D eigenvalue weighted by atomic mass is 35.5. The molecule has 0 radical (unpaired) electrons. The van der Waals surface area contributed by atoms with Crippen LogP contribution in [0.4, 0.5) is 5.82 Å². The van der Waals surface area contributed by atoms with E-state index in [1.165, 1.54) is 0 Å². The van der Waals surface area contributed by atoms with Crippen LogP contribution in [0.5, 0.6) is 5.75 Å². The van der Waals surface area contributed by atoms with Crippen molar-refractivity contribution < 1.29 is 9.53 Å². The number of benzene rings is 3. The number of nitrogens with zero attached hydrogens (tertiary/aromatic N) is 2. The van der Waals surface area contributed by atoms with E-state index in [2.05, 4.69) is 10.4 Å². The molecule has 33 heavy (non-hydrogen) atoms. The van der Waals surface area contributed by atoms with Crippen molar-refractivity contribution in [1.29, 1.82) is 0 Å². The molecular formula is C25H20Cl3N3O2. The van der Waals surface area contributed by atoms with Gasteiger partial charge in [0.2, 0.25) is 0 Å². The summed E-state index contributed by atoms with van der Waals surface area (Å²) in [6, 6.07) is 21.6. The number of aryl methyl sites for hydroxylation is 1. The van der Waals surface area contributed by atoms with E-state index >= 15 is 0 Å². The van der Waals surface area contributed by atoms with Gasteiger partial charge in [0.1, 0.15) is 12.4 Å². The van der Waals surface area contributed by atoms with Crippen molar-refractivity contribution in [2.45, 2.75) is 20.1 Å². The lowest BCUT2D eigenvalue weighted by molar-refractivity contribution is 0.102. The molecule has 4 rings (SSSR count). The van der Waals surface area contributed by atoms with E-state index in [-0.39, 0.29) is 5.91 Å². The Kier molecular flexibility index (Phi) is 7.23. The molecule has 0 aliphatic carbocycles. The average Bonchev–Trinajstić information content (AvgIpc) is 3.14. The third-order valence-electron chi connectivity index (χ3n) is 5.00. The smallest absolute Gasteiger partial charge is 0.256 e. The van der Waals surface area contributed by atoms with Crippen molar-refractivity contribution in [2.75, 3.05) is 5.32 Å². The van der Waals surface area contributed by atoms with Gasteiger partial charge in [-0.15, -0.1) is 0 Å². The van der Waals surface area contributed by atoms with Gasteiger partial charge in [-0.05, 0) is 61.0 Å². The maximum atomic E-state index is 12.8. The van der Waals surface area contributed by atoms with Crippen molar-refractivity contribution in [3.05, 3.63) is 110 Å². The molecule has 8 heteroatoms. The van der Waals surface area contributed by atoms with Crippen LogP contribution >= 0.6 is 34.8 Å². The third kappa shape index (κ3) is 5.88. The molecule has 168 valence electrons. The molecule has 1 aromatic heterocycles. The summed E-state index contributed by atoms with van der Waals surface area (Å²) in [6.07, 6.45) is 0. The Bertz CT molecular complexity index is 1270. The molecule has 0 bridgehead atoms. The molecule has 1 heterocycles. The molecule has 0 unspecified atom stereocenters. The summed E-state index contributed by atoms with van der Waals surface area (Å²) in [5.41, 5.74) is 3.02. The van der Waals surface area contributed by atoms with Crippen molar-refractivity contribution >= 4 is 46.5 Å². The fraction of sp³-hybridized carbons (Fsp3) is 0.120. The van der Waals surface area contributed by atoms with Gasteiger partial charge in [-0.25, -0.2) is 0 Å². The van der Waals surface area contributed by atoms with Crippen LogP contribution in [-0.2, 0) is 13.2 Å². The fourth-order valence-corrected chi connectivity index (χ4v) is 3.90. The number of aromatic nitrogens is 2. The topological polar surface area (TPSA) is 56.1 Å². The first-order valence-electron chi connectivity index (χ1n) is 10.1. The lowest BCUT2D eigenvalue weighted by Gasteiger charge is -2.09. The van der Waals surface area contributed by atoms with E-state index in [4.69, 9.17) is 39.5 Å². The van der Waals surface area contributed by atoms with Gasteiger partial charge >= 0.3 is 0 Å². The SMILES string of the molecule is Cc1cc(NC(=O)c2cccc(COc3ccc(Cl)cc3)c2)nn1Cc1c(Cl)cccc1Cl. The first-order chi connectivity index (χ1) is 15.9. The number of amides is 1. The van der Waals surface area contributed by atoms with Gasteiger partial charge in [0.25, 0.3) is 5.91 Å². The van der Waals surface area contributed by atoms with Gasteiger partial charge in [-0.3, -0.25) is 9.48 Å². The summed E-state index contributed by atoms with van der Waals surface area (Å²) < 4.78 is 7.52. The van der Waals surface area contributed by atoms with E-state index in [1.54, 1.807) is 65.3 Å². The minimum atomic E-state index is -0.260. The van der Waals surface area contributed by atoms with Gasteiger partial charge in [0.15, 0.2) is 5.82 Å². The molecule has 0 aliphatic rings. The zero-order chi connectivity index (χ0) is 23.4. The zero-order valence-corrected chi connectivity index (χ0v) is 20.0. The van der Waals surface area contributed by atoms with Crippen LogP contribution in [0.25, 0.3) is 0 Å². The van der Waals surface area contributed by atoms with Gasteiger partial charge in [0.05, 0.1) is 6.54 Å². The summed E-state index contributed by atoms with van der Waals surface area (Å²) >= 11 is 18.5. The lowest BCUT2D eigenvalue weighted by Crippen LogP contribution is -2.13. The molecule has 1 amide bonds. The van der Waals surface area contributed by atoms with E-state index in [9.17, 15) is 4.79 Å². The van der Waals surface area contributed by atoms with Crippen molar-refractivity contribution in [2.24, 2.45) is 0 Å². The summed E-state index contributed by atoms with van der Waals surface area (Å²) in [4.78, 5) is 12.8. The largest absolute Gasteiger partial charge is 0.489 e. The van der Waals surface area contributed by atoms with E-state index in [1.807, 2.05) is 19.1 Å². The van der Waals surface area contributed by atoms with E-state index < -0.39 is 0 Å². The number of hydrogen-bond donors (Lipinski definition) is 1. The van der Waals surface area contributed by atoms with Crippen LogP contribution in [0, 0.1) is 6.92 Å². The molecule has 0 spiro atoms. The average molecular weight is 501 g/mol. The highest BCUT2D eigenvalue weighted by Gasteiger charge is 2.13. The molecule has 0 atom stereocenters. The third-order valence-corrected chi connectivity index (χ3v) is 5.96. The number of anilines is 1. The summed E-state index contributed by atoms with van der Waals surface area (Å²) in [6.45, 7) is 2.63. The molecule has 3 aromatic carbocycles. The van der Waals surface area contributed by atoms with Crippen LogP contribution in [0.15, 0.2) is 72.8 Å². The summed E-state index contributed by atoms with van der Waals surface area (Å²) in [5.74, 6) is 0.890. The quantitative estimate of drug-likeness (QED) is 0.296. The van der Waals surface area contributed by atoms with Crippen LogP contribution in [-0.4, -0.2) is 15.7 Å². The molecule has 0 saturated heterocycles. The maximum absolute atomic E-state index is 12.8. The normalized spacial score (nSPS) is 10.8. The number of ether oxygens (including phenoxy) is 1. The highest BCUT2D eigenvalue weighted by Crippen LogP contribution is 2.26. The second-order valence-corrected chi connectivity index (χ2v) is 8.68. The van der Waals surface area contributed by atoms with Crippen LogP contribution in [0.3, 0.4) is 0 Å². The Morgan fingerprint density at radius 2 is 1.67 bits per heavy atom. The van der Waals surface area contributed by atoms with E-state index in [0.29, 0.717) is 45.4 Å². The number of carbonyl (C=O) groups is 1. The Morgan fingerprint density at radius 1 is 0.970 bits per heavy atom. The number of carbonyl (C=O) groups excluding carboxylic acids is 1. The Hall–Kier alpha value is -2.99. The molecule has 5 nitrogen and oxygen atoms in total. The van der Waals surface area contributed by atoms with Gasteiger partial charge < -0.3 is 10.1 Å². The number of hydrogen-bond acceptors (Lipinski definition) is 3. The predicted octanol–water partition coefficient (Wildman–Crippen LogP) is 7.03. The molecule has 0 saturated carbocycles. The van der Waals surface area contributed by atoms with Crippen LogP contribution in [0.1, 0.15) is 27.2 Å². The summed E-state index contributed by atoms with van der Waals surface area (Å²) in [5, 5.41) is 9.13. The molecular weight excluding hydrogens is 481 g/mol.